The van der Waals surface area contributed by atoms with Gasteiger partial charge in [0.2, 0.25) is 11.9 Å². The number of carbonyl (C=O) groups excluding carboxylic acids is 1. The SMILES string of the molecule is CCN1CCCC1CNC(=O)C1CCCN(c2nc3ccccc3n2C)C1. The van der Waals surface area contributed by atoms with Crippen LogP contribution < -0.4 is 10.2 Å². The number of aryl methyl sites for hydroxylation is 1. The van der Waals surface area contributed by atoms with Gasteiger partial charge in [-0.3, -0.25) is 9.69 Å². The number of benzene rings is 1. The molecule has 0 radical (unpaired) electrons. The van der Waals surface area contributed by atoms with Gasteiger partial charge in [0.15, 0.2) is 0 Å². The molecule has 0 spiro atoms. The molecule has 6 nitrogen and oxygen atoms in total. The fourth-order valence-corrected chi connectivity index (χ4v) is 4.69. The van der Waals surface area contributed by atoms with Gasteiger partial charge in [-0.05, 0) is 50.9 Å². The van der Waals surface area contributed by atoms with Gasteiger partial charge in [-0.1, -0.05) is 19.1 Å². The van der Waals surface area contributed by atoms with E-state index in [9.17, 15) is 4.79 Å². The lowest BCUT2D eigenvalue weighted by Crippen LogP contribution is -2.47. The zero-order chi connectivity index (χ0) is 18.8. The third-order valence-electron chi connectivity index (χ3n) is 6.26. The molecular weight excluding hydrogens is 338 g/mol. The molecule has 2 aliphatic heterocycles. The summed E-state index contributed by atoms with van der Waals surface area (Å²) in [6.45, 7) is 6.95. The number of likely N-dealkylation sites (tertiary alicyclic amines) is 1. The number of imidazole rings is 1. The Balaban J connectivity index is 1.40. The van der Waals surface area contributed by atoms with E-state index >= 15 is 0 Å². The molecule has 1 amide bonds. The predicted octanol–water partition coefficient (Wildman–Crippen LogP) is 2.39. The van der Waals surface area contributed by atoms with Crippen LogP contribution in [-0.2, 0) is 11.8 Å². The van der Waals surface area contributed by atoms with E-state index in [0.29, 0.717) is 6.04 Å². The number of para-hydroxylation sites is 2. The maximum absolute atomic E-state index is 12.8. The van der Waals surface area contributed by atoms with Crippen molar-refractivity contribution in [1.29, 1.82) is 0 Å². The van der Waals surface area contributed by atoms with Crippen LogP contribution in [0.25, 0.3) is 11.0 Å². The zero-order valence-electron chi connectivity index (χ0n) is 16.5. The number of fused-ring (bicyclic) bond motifs is 1. The maximum Gasteiger partial charge on any atom is 0.224 e. The van der Waals surface area contributed by atoms with Crippen molar-refractivity contribution in [1.82, 2.24) is 19.8 Å². The Morgan fingerprint density at radius 3 is 2.85 bits per heavy atom. The van der Waals surface area contributed by atoms with Crippen molar-refractivity contribution >= 4 is 22.9 Å². The fraction of sp³-hybridized carbons (Fsp3) is 0.619. The zero-order valence-corrected chi connectivity index (χ0v) is 16.5. The van der Waals surface area contributed by atoms with E-state index in [2.05, 4.69) is 39.7 Å². The van der Waals surface area contributed by atoms with Gasteiger partial charge < -0.3 is 14.8 Å². The minimum absolute atomic E-state index is 0.0510. The summed E-state index contributed by atoms with van der Waals surface area (Å²) >= 11 is 0. The molecule has 2 fully saturated rings. The van der Waals surface area contributed by atoms with Crippen molar-refractivity contribution in [2.45, 2.75) is 38.6 Å². The summed E-state index contributed by atoms with van der Waals surface area (Å²) in [7, 11) is 2.06. The summed E-state index contributed by atoms with van der Waals surface area (Å²) in [5.74, 6) is 1.23. The van der Waals surface area contributed by atoms with Gasteiger partial charge in [0.1, 0.15) is 0 Å². The number of aromatic nitrogens is 2. The summed E-state index contributed by atoms with van der Waals surface area (Å²) < 4.78 is 2.15. The molecule has 1 N–H and O–H groups in total. The van der Waals surface area contributed by atoms with Gasteiger partial charge in [0, 0.05) is 32.7 Å². The second-order valence-corrected chi connectivity index (χ2v) is 7.91. The number of nitrogens with zero attached hydrogens (tertiary/aromatic N) is 4. The first-order valence-electron chi connectivity index (χ1n) is 10.4. The molecule has 1 aromatic heterocycles. The monoisotopic (exact) mass is 369 g/mol. The van der Waals surface area contributed by atoms with Gasteiger partial charge in [-0.2, -0.15) is 0 Å². The average Bonchev–Trinajstić information content (AvgIpc) is 3.30. The van der Waals surface area contributed by atoms with E-state index in [1.165, 1.54) is 19.4 Å². The Morgan fingerprint density at radius 2 is 2.04 bits per heavy atom. The van der Waals surface area contributed by atoms with Gasteiger partial charge in [-0.25, -0.2) is 4.98 Å². The molecular formula is C21H31N5O. The van der Waals surface area contributed by atoms with Crippen LogP contribution in [-0.4, -0.2) is 59.1 Å². The standard InChI is InChI=1S/C21H31N5O/c1-3-25-12-7-9-17(25)14-22-20(27)16-8-6-13-26(15-16)21-23-18-10-4-5-11-19(18)24(21)2/h4-5,10-11,16-17H,3,6-9,12-15H2,1-2H3,(H,22,27). The van der Waals surface area contributed by atoms with Crippen LogP contribution in [0, 0.1) is 5.92 Å². The van der Waals surface area contributed by atoms with E-state index in [0.717, 1.165) is 56.0 Å². The highest BCUT2D eigenvalue weighted by atomic mass is 16.1. The van der Waals surface area contributed by atoms with Crippen LogP contribution in [0.15, 0.2) is 24.3 Å². The Bertz CT molecular complexity index is 801. The lowest BCUT2D eigenvalue weighted by molar-refractivity contribution is -0.125. The molecule has 2 aliphatic rings. The summed E-state index contributed by atoms with van der Waals surface area (Å²) in [5, 5.41) is 3.24. The minimum Gasteiger partial charge on any atom is -0.354 e. The van der Waals surface area contributed by atoms with E-state index in [4.69, 9.17) is 4.98 Å². The van der Waals surface area contributed by atoms with Crippen LogP contribution in [0.2, 0.25) is 0 Å². The number of amides is 1. The Morgan fingerprint density at radius 1 is 1.22 bits per heavy atom. The Hall–Kier alpha value is -2.08. The van der Waals surface area contributed by atoms with Crippen LogP contribution in [0.3, 0.4) is 0 Å². The van der Waals surface area contributed by atoms with E-state index in [1.54, 1.807) is 0 Å². The number of hydrogen-bond donors (Lipinski definition) is 1. The van der Waals surface area contributed by atoms with E-state index in [-0.39, 0.29) is 11.8 Å². The number of nitrogens with one attached hydrogen (secondary N) is 1. The topological polar surface area (TPSA) is 53.4 Å². The van der Waals surface area contributed by atoms with Crippen molar-refractivity contribution in [2.75, 3.05) is 37.6 Å². The summed E-state index contributed by atoms with van der Waals surface area (Å²) in [6, 6.07) is 8.73. The van der Waals surface area contributed by atoms with Crippen LogP contribution in [0.4, 0.5) is 5.95 Å². The first-order chi connectivity index (χ1) is 13.2. The van der Waals surface area contributed by atoms with Gasteiger partial charge in [-0.15, -0.1) is 0 Å². The molecule has 2 atom stereocenters. The maximum atomic E-state index is 12.8. The van der Waals surface area contributed by atoms with Crippen LogP contribution >= 0.6 is 0 Å². The molecule has 3 heterocycles. The summed E-state index contributed by atoms with van der Waals surface area (Å²) in [6.07, 6.45) is 4.45. The highest BCUT2D eigenvalue weighted by molar-refractivity contribution is 5.81. The lowest BCUT2D eigenvalue weighted by atomic mass is 9.97. The molecule has 6 heteroatoms. The third kappa shape index (κ3) is 3.68. The van der Waals surface area contributed by atoms with Crippen molar-refractivity contribution < 1.29 is 4.79 Å². The summed E-state index contributed by atoms with van der Waals surface area (Å²) in [4.78, 5) is 22.4. The van der Waals surface area contributed by atoms with E-state index < -0.39 is 0 Å². The number of hydrogen-bond acceptors (Lipinski definition) is 4. The molecule has 2 unspecified atom stereocenters. The molecule has 0 saturated carbocycles. The third-order valence-corrected chi connectivity index (χ3v) is 6.26. The molecule has 4 rings (SSSR count). The highest BCUT2D eigenvalue weighted by Gasteiger charge is 2.29. The molecule has 0 bridgehead atoms. The van der Waals surface area contributed by atoms with Crippen LogP contribution in [0.5, 0.6) is 0 Å². The molecule has 1 aromatic carbocycles. The largest absolute Gasteiger partial charge is 0.354 e. The van der Waals surface area contributed by atoms with Crippen molar-refractivity contribution in [2.24, 2.45) is 13.0 Å². The Kier molecular flexibility index (Phi) is 5.34. The predicted molar refractivity (Wildman–Crippen MR) is 109 cm³/mol. The smallest absolute Gasteiger partial charge is 0.224 e. The molecule has 2 saturated heterocycles. The number of rotatable bonds is 5. The van der Waals surface area contributed by atoms with Crippen LogP contribution in [0.1, 0.15) is 32.6 Å². The van der Waals surface area contributed by atoms with E-state index in [1.807, 2.05) is 18.2 Å². The van der Waals surface area contributed by atoms with Gasteiger partial charge in [0.25, 0.3) is 0 Å². The number of piperidine rings is 1. The fourth-order valence-electron chi connectivity index (χ4n) is 4.69. The van der Waals surface area contributed by atoms with Crippen molar-refractivity contribution in [3.63, 3.8) is 0 Å². The second-order valence-electron chi connectivity index (χ2n) is 7.91. The van der Waals surface area contributed by atoms with Crippen molar-refractivity contribution in [3.8, 4) is 0 Å². The van der Waals surface area contributed by atoms with Crippen molar-refractivity contribution in [3.05, 3.63) is 24.3 Å². The number of anilines is 1. The number of likely N-dealkylation sites (N-methyl/N-ethyl adjacent to an activating group) is 1. The van der Waals surface area contributed by atoms with Gasteiger partial charge >= 0.3 is 0 Å². The second kappa shape index (κ2) is 7.89. The quantitative estimate of drug-likeness (QED) is 0.879. The molecule has 2 aromatic rings. The molecule has 0 aliphatic carbocycles. The number of carbonyl (C=O) groups is 1. The first kappa shape index (κ1) is 18.3. The molecule has 146 valence electrons. The minimum atomic E-state index is 0.0510. The lowest BCUT2D eigenvalue weighted by Gasteiger charge is -2.33. The molecule has 27 heavy (non-hydrogen) atoms. The average molecular weight is 370 g/mol. The normalized spacial score (nSPS) is 23.9. The highest BCUT2D eigenvalue weighted by Crippen LogP contribution is 2.26. The Labute approximate surface area is 161 Å². The summed E-state index contributed by atoms with van der Waals surface area (Å²) in [5.41, 5.74) is 2.16. The van der Waals surface area contributed by atoms with Gasteiger partial charge in [0.05, 0.1) is 17.0 Å². The first-order valence-corrected chi connectivity index (χ1v) is 10.4.